The molecule has 14 heteroatoms. The number of halogens is 1. The van der Waals surface area contributed by atoms with E-state index in [1.54, 1.807) is 19.9 Å². The summed E-state index contributed by atoms with van der Waals surface area (Å²) < 4.78 is 0. The Hall–Kier alpha value is -4.13. The van der Waals surface area contributed by atoms with Gasteiger partial charge in [0, 0.05) is 23.9 Å². The van der Waals surface area contributed by atoms with Gasteiger partial charge in [0.2, 0.25) is 29.5 Å². The Morgan fingerprint density at radius 1 is 0.911 bits per heavy atom. The predicted octanol–water partition coefficient (Wildman–Crippen LogP) is 1.48. The number of aromatic nitrogens is 1. The van der Waals surface area contributed by atoms with Crippen LogP contribution in [0.1, 0.15) is 58.9 Å². The van der Waals surface area contributed by atoms with Crippen molar-refractivity contribution >= 4 is 58.0 Å². The van der Waals surface area contributed by atoms with E-state index in [4.69, 9.17) is 11.6 Å². The first-order valence-electron chi connectivity index (χ1n) is 15.3. The fraction of sp³-hybridized carbons (Fsp3) is 0.548. The van der Waals surface area contributed by atoms with E-state index < -0.39 is 72.1 Å². The molecule has 0 bridgehead atoms. The van der Waals surface area contributed by atoms with Crippen LogP contribution in [0.15, 0.2) is 24.3 Å². The summed E-state index contributed by atoms with van der Waals surface area (Å²) in [6.45, 7) is 7.43. The van der Waals surface area contributed by atoms with Gasteiger partial charge in [-0.05, 0) is 42.7 Å². The number of carbonyl (C=O) groups excluding carboxylic acids is 5. The van der Waals surface area contributed by atoms with Crippen LogP contribution in [0, 0.1) is 11.8 Å². The van der Waals surface area contributed by atoms with Crippen LogP contribution in [0.3, 0.4) is 0 Å². The molecular formula is C31H41ClN6O7. The minimum atomic E-state index is -1.52. The molecule has 2 fully saturated rings. The first kappa shape index (κ1) is 33.8. The van der Waals surface area contributed by atoms with E-state index in [-0.39, 0.29) is 36.4 Å². The lowest BCUT2D eigenvalue weighted by Gasteiger charge is -2.30. The molecule has 0 radical (unpaired) electrons. The number of fused-ring (bicyclic) bond motifs is 2. The zero-order valence-electron chi connectivity index (χ0n) is 25.8. The number of para-hydroxylation sites is 1. The minimum Gasteiger partial charge on any atom is -0.481 e. The predicted molar refractivity (Wildman–Crippen MR) is 166 cm³/mol. The highest BCUT2D eigenvalue weighted by molar-refractivity contribution is 6.31. The molecular weight excluding hydrogens is 604 g/mol. The van der Waals surface area contributed by atoms with Crippen molar-refractivity contribution in [1.82, 2.24) is 31.2 Å². The number of carboxylic acids is 1. The molecule has 5 amide bonds. The molecule has 0 aliphatic carbocycles. The first-order valence-corrected chi connectivity index (χ1v) is 15.6. The summed E-state index contributed by atoms with van der Waals surface area (Å²) >= 11 is 6.53. The molecule has 2 aliphatic heterocycles. The van der Waals surface area contributed by atoms with Gasteiger partial charge in [0.05, 0.1) is 6.42 Å². The van der Waals surface area contributed by atoms with Crippen LogP contribution >= 0.6 is 11.6 Å². The molecule has 45 heavy (non-hydrogen) atoms. The van der Waals surface area contributed by atoms with Crippen LogP contribution < -0.4 is 21.3 Å². The van der Waals surface area contributed by atoms with E-state index in [2.05, 4.69) is 26.3 Å². The van der Waals surface area contributed by atoms with Crippen LogP contribution in [-0.2, 0) is 35.2 Å². The molecule has 0 unspecified atom stereocenters. The third kappa shape index (κ3) is 7.94. The van der Waals surface area contributed by atoms with Gasteiger partial charge in [-0.2, -0.15) is 0 Å². The molecule has 1 aromatic heterocycles. The second-order valence-electron chi connectivity index (χ2n) is 12.5. The summed E-state index contributed by atoms with van der Waals surface area (Å²) in [4.78, 5) is 84.5. The maximum atomic E-state index is 13.9. The van der Waals surface area contributed by atoms with Crippen molar-refractivity contribution in [2.45, 2.75) is 90.0 Å². The number of hydrogen-bond donors (Lipinski definition) is 6. The Morgan fingerprint density at radius 2 is 1.56 bits per heavy atom. The topological polar surface area (TPSA) is 190 Å². The summed E-state index contributed by atoms with van der Waals surface area (Å²) in [7, 11) is 0. The third-order valence-electron chi connectivity index (χ3n) is 8.22. The molecule has 5 atom stereocenters. The standard InChI is InChI=1S/C31H41ClN6O7/c1-15(2)12-20-27(41)34-21(13-18-17-8-5-6-9-19(17)33-26(18)32)28(42)36-22(14-24(39)40)31(45)38-11-7-10-23(38)29(43)37-25(16(3)4)30(44)35-20/h5-6,8-9,15-16,20-23,25,33H,7,10-14H2,1-4H3,(H,34,41)(H,35,44)(H,36,42)(H,37,43)(H,39,40)/t20-,21+,22+,23-,25+/m0/s1. The molecule has 0 spiro atoms. The number of H-pyrrole nitrogens is 1. The van der Waals surface area contributed by atoms with Gasteiger partial charge in [-0.3, -0.25) is 28.8 Å². The number of carbonyl (C=O) groups is 6. The number of aliphatic carboxylic acids is 1. The normalized spacial score (nSPS) is 25.4. The first-order chi connectivity index (χ1) is 21.3. The summed E-state index contributed by atoms with van der Waals surface area (Å²) in [5.41, 5.74) is 1.24. The fourth-order valence-corrected chi connectivity index (χ4v) is 6.23. The van der Waals surface area contributed by atoms with E-state index >= 15 is 0 Å². The van der Waals surface area contributed by atoms with Gasteiger partial charge < -0.3 is 36.3 Å². The van der Waals surface area contributed by atoms with E-state index in [9.17, 15) is 33.9 Å². The highest BCUT2D eigenvalue weighted by Crippen LogP contribution is 2.28. The quantitative estimate of drug-likeness (QED) is 0.263. The van der Waals surface area contributed by atoms with Crippen LogP contribution in [0.25, 0.3) is 10.9 Å². The molecule has 2 saturated heterocycles. The summed E-state index contributed by atoms with van der Waals surface area (Å²) in [5, 5.41) is 21.4. The number of nitrogens with one attached hydrogen (secondary N) is 5. The van der Waals surface area contributed by atoms with E-state index in [0.29, 0.717) is 23.9 Å². The van der Waals surface area contributed by atoms with Crippen molar-refractivity contribution in [3.63, 3.8) is 0 Å². The van der Waals surface area contributed by atoms with Crippen molar-refractivity contribution in [2.75, 3.05) is 6.54 Å². The van der Waals surface area contributed by atoms with E-state index in [0.717, 1.165) is 5.39 Å². The number of carboxylic acid groups (broad SMARTS) is 1. The van der Waals surface area contributed by atoms with Crippen LogP contribution in [-0.4, -0.2) is 87.2 Å². The van der Waals surface area contributed by atoms with Crippen LogP contribution in [0.4, 0.5) is 0 Å². The number of nitrogens with zero attached hydrogens (tertiary/aromatic N) is 1. The van der Waals surface area contributed by atoms with Crippen molar-refractivity contribution < 1.29 is 33.9 Å². The summed E-state index contributed by atoms with van der Waals surface area (Å²) in [6, 6.07) is 1.37. The lowest BCUT2D eigenvalue weighted by Crippen LogP contribution is -2.59. The van der Waals surface area contributed by atoms with Crippen molar-refractivity contribution in [2.24, 2.45) is 11.8 Å². The number of amides is 5. The molecule has 0 saturated carbocycles. The minimum absolute atomic E-state index is 0.0322. The van der Waals surface area contributed by atoms with Gasteiger partial charge in [0.25, 0.3) is 0 Å². The average molecular weight is 645 g/mol. The smallest absolute Gasteiger partial charge is 0.305 e. The molecule has 2 aromatic rings. The van der Waals surface area contributed by atoms with Crippen molar-refractivity contribution in [3.05, 3.63) is 35.0 Å². The molecule has 2 aliphatic rings. The fourth-order valence-electron chi connectivity index (χ4n) is 5.95. The van der Waals surface area contributed by atoms with Crippen LogP contribution in [0.5, 0.6) is 0 Å². The van der Waals surface area contributed by atoms with Gasteiger partial charge in [0.1, 0.15) is 35.4 Å². The molecule has 1 aromatic carbocycles. The Bertz CT molecular complexity index is 1470. The number of hydrogen-bond acceptors (Lipinski definition) is 6. The van der Waals surface area contributed by atoms with Gasteiger partial charge >= 0.3 is 5.97 Å². The monoisotopic (exact) mass is 644 g/mol. The Labute approximate surface area is 266 Å². The lowest BCUT2D eigenvalue weighted by molar-refractivity contribution is -0.146. The van der Waals surface area contributed by atoms with Crippen LogP contribution in [0.2, 0.25) is 5.15 Å². The average Bonchev–Trinajstić information content (AvgIpc) is 3.57. The Morgan fingerprint density at radius 3 is 2.22 bits per heavy atom. The Kier molecular flexibility index (Phi) is 10.7. The highest BCUT2D eigenvalue weighted by atomic mass is 35.5. The lowest BCUT2D eigenvalue weighted by atomic mass is 9.98. The van der Waals surface area contributed by atoms with Gasteiger partial charge in [-0.15, -0.1) is 0 Å². The highest BCUT2D eigenvalue weighted by Gasteiger charge is 2.41. The summed E-state index contributed by atoms with van der Waals surface area (Å²) in [5.74, 6) is -5.08. The zero-order chi connectivity index (χ0) is 33.0. The summed E-state index contributed by atoms with van der Waals surface area (Å²) in [6.07, 6.45) is 0.168. The zero-order valence-corrected chi connectivity index (χ0v) is 26.6. The van der Waals surface area contributed by atoms with Crippen molar-refractivity contribution in [1.29, 1.82) is 0 Å². The second kappa shape index (κ2) is 14.3. The molecule has 244 valence electrons. The number of rotatable bonds is 7. The van der Waals surface area contributed by atoms with Gasteiger partial charge in [0.15, 0.2) is 0 Å². The van der Waals surface area contributed by atoms with E-state index in [1.807, 2.05) is 32.0 Å². The maximum Gasteiger partial charge on any atom is 0.305 e. The molecule has 3 heterocycles. The van der Waals surface area contributed by atoms with E-state index in [1.165, 1.54) is 4.90 Å². The number of benzene rings is 1. The molecule has 6 N–H and O–H groups in total. The molecule has 13 nitrogen and oxygen atoms in total. The largest absolute Gasteiger partial charge is 0.481 e. The van der Waals surface area contributed by atoms with Gasteiger partial charge in [-0.1, -0.05) is 57.5 Å². The molecule has 4 rings (SSSR count). The maximum absolute atomic E-state index is 13.9. The second-order valence-corrected chi connectivity index (χ2v) is 12.9. The van der Waals surface area contributed by atoms with Crippen molar-refractivity contribution in [3.8, 4) is 0 Å². The number of aromatic amines is 1. The third-order valence-corrected chi connectivity index (χ3v) is 8.54. The SMILES string of the molecule is CC(C)C[C@@H]1NC(=O)[C@@H](C(C)C)NC(=O)[C@@H]2CCCN2C(=O)[C@@H](CC(=O)O)NC(=O)[C@@H](Cc2c(Cl)[nH]c3ccccc23)NC1=O. The Balaban J connectivity index is 1.79. The van der Waals surface area contributed by atoms with Gasteiger partial charge in [-0.25, -0.2) is 0 Å².